The third-order valence-electron chi connectivity index (χ3n) is 6.13. The molecule has 2 fully saturated rings. The zero-order valence-electron chi connectivity index (χ0n) is 18.2. The van der Waals surface area contributed by atoms with Crippen LogP contribution in [0.4, 0.5) is 16.0 Å². The summed E-state index contributed by atoms with van der Waals surface area (Å²) >= 11 is 0. The lowest BCUT2D eigenvalue weighted by atomic mass is 9.96. The molecule has 0 amide bonds. The second-order valence-electron chi connectivity index (χ2n) is 8.62. The standard InChI is InChI=1S/C23H28FN7O/c1-15-10-16(6-9-32-15)22-26-13-20(29-22)21-19(24)12-27-23(30-21)28-17-4-5-18(25-11-17)14-31-7-2-3-8-31/h4-5,11-13,15-16H,2-3,6-10,14H2,1H3,(H,26,29)(H,27,28,30). The van der Waals surface area contributed by atoms with E-state index in [2.05, 4.69) is 42.1 Å². The van der Waals surface area contributed by atoms with Crippen LogP contribution in [0.1, 0.15) is 50.0 Å². The zero-order valence-corrected chi connectivity index (χ0v) is 18.2. The number of pyridine rings is 1. The van der Waals surface area contributed by atoms with Crippen LogP contribution in [0.2, 0.25) is 0 Å². The lowest BCUT2D eigenvalue weighted by molar-refractivity contribution is 0.0174. The minimum atomic E-state index is -0.495. The van der Waals surface area contributed by atoms with Crippen molar-refractivity contribution in [2.24, 2.45) is 0 Å². The van der Waals surface area contributed by atoms with Crippen molar-refractivity contribution in [3.63, 3.8) is 0 Å². The molecular weight excluding hydrogens is 409 g/mol. The number of aromatic nitrogens is 5. The van der Waals surface area contributed by atoms with Crippen LogP contribution in [0.3, 0.4) is 0 Å². The molecule has 0 radical (unpaired) electrons. The second kappa shape index (κ2) is 9.30. The number of likely N-dealkylation sites (tertiary alicyclic amines) is 1. The van der Waals surface area contributed by atoms with Gasteiger partial charge in [-0.05, 0) is 57.8 Å². The number of nitrogens with zero attached hydrogens (tertiary/aromatic N) is 5. The van der Waals surface area contributed by atoms with Crippen LogP contribution >= 0.6 is 0 Å². The fraction of sp³-hybridized carbons (Fsp3) is 0.478. The number of rotatable bonds is 6. The highest BCUT2D eigenvalue weighted by Crippen LogP contribution is 2.30. The molecule has 2 unspecified atom stereocenters. The summed E-state index contributed by atoms with van der Waals surface area (Å²) in [6.45, 7) is 5.91. The van der Waals surface area contributed by atoms with Gasteiger partial charge < -0.3 is 15.0 Å². The van der Waals surface area contributed by atoms with Gasteiger partial charge in [-0.3, -0.25) is 9.88 Å². The Morgan fingerprint density at radius 2 is 2.03 bits per heavy atom. The average Bonchev–Trinajstić information content (AvgIpc) is 3.49. The summed E-state index contributed by atoms with van der Waals surface area (Å²) in [4.78, 5) is 23.2. The molecule has 32 heavy (non-hydrogen) atoms. The Balaban J connectivity index is 1.29. The van der Waals surface area contributed by atoms with Crippen LogP contribution in [0.5, 0.6) is 0 Å². The van der Waals surface area contributed by atoms with Crippen LogP contribution < -0.4 is 5.32 Å². The number of nitrogens with one attached hydrogen (secondary N) is 2. The smallest absolute Gasteiger partial charge is 0.228 e. The fourth-order valence-corrected chi connectivity index (χ4v) is 4.42. The SMILES string of the molecule is CC1CC(c2ncc(-c3nc(Nc4ccc(CN5CCCC5)nc4)ncc3F)[nH]2)CCO1. The molecular formula is C23H28FN7O. The van der Waals surface area contributed by atoms with Gasteiger partial charge in [0.05, 0.1) is 41.8 Å². The monoisotopic (exact) mass is 437 g/mol. The van der Waals surface area contributed by atoms with Crippen molar-refractivity contribution in [1.82, 2.24) is 29.8 Å². The molecule has 2 aliphatic rings. The molecule has 168 valence electrons. The van der Waals surface area contributed by atoms with Crippen LogP contribution in [-0.4, -0.2) is 55.6 Å². The molecule has 5 heterocycles. The summed E-state index contributed by atoms with van der Waals surface area (Å²) in [5, 5.41) is 3.12. The van der Waals surface area contributed by atoms with Crippen LogP contribution in [0.25, 0.3) is 11.4 Å². The number of halogens is 1. The summed E-state index contributed by atoms with van der Waals surface area (Å²) in [6, 6.07) is 3.95. The molecule has 3 aromatic heterocycles. The summed E-state index contributed by atoms with van der Waals surface area (Å²) in [5.74, 6) is 0.942. The van der Waals surface area contributed by atoms with Gasteiger partial charge in [-0.2, -0.15) is 0 Å². The Morgan fingerprint density at radius 1 is 1.16 bits per heavy atom. The van der Waals surface area contributed by atoms with Crippen molar-refractivity contribution < 1.29 is 9.13 Å². The first-order valence-corrected chi connectivity index (χ1v) is 11.3. The lowest BCUT2D eigenvalue weighted by Crippen LogP contribution is -2.22. The molecule has 0 spiro atoms. The summed E-state index contributed by atoms with van der Waals surface area (Å²) < 4.78 is 20.1. The van der Waals surface area contributed by atoms with Crippen molar-refractivity contribution >= 4 is 11.6 Å². The van der Waals surface area contributed by atoms with Gasteiger partial charge in [-0.1, -0.05) is 0 Å². The van der Waals surface area contributed by atoms with E-state index in [1.165, 1.54) is 19.0 Å². The highest BCUT2D eigenvalue weighted by Gasteiger charge is 2.24. The minimum Gasteiger partial charge on any atom is -0.378 e. The number of imidazole rings is 1. The first-order chi connectivity index (χ1) is 15.6. The van der Waals surface area contributed by atoms with Gasteiger partial charge >= 0.3 is 0 Å². The summed E-state index contributed by atoms with van der Waals surface area (Å²) in [5.41, 5.74) is 2.53. The van der Waals surface area contributed by atoms with E-state index in [-0.39, 0.29) is 17.7 Å². The van der Waals surface area contributed by atoms with E-state index in [0.717, 1.165) is 49.7 Å². The maximum absolute atomic E-state index is 14.5. The maximum Gasteiger partial charge on any atom is 0.228 e. The molecule has 2 aliphatic heterocycles. The van der Waals surface area contributed by atoms with E-state index >= 15 is 0 Å². The quantitative estimate of drug-likeness (QED) is 0.602. The Hall–Kier alpha value is -2.91. The minimum absolute atomic E-state index is 0.194. The topological polar surface area (TPSA) is 91.9 Å². The van der Waals surface area contributed by atoms with Crippen molar-refractivity contribution in [2.45, 2.75) is 51.2 Å². The Bertz CT molecular complexity index is 1050. The molecule has 2 atom stereocenters. The van der Waals surface area contributed by atoms with Gasteiger partial charge in [0.2, 0.25) is 5.95 Å². The van der Waals surface area contributed by atoms with Crippen LogP contribution in [0, 0.1) is 5.82 Å². The van der Waals surface area contributed by atoms with E-state index in [1.807, 2.05) is 12.1 Å². The molecule has 2 saturated heterocycles. The number of H-pyrrole nitrogens is 1. The highest BCUT2D eigenvalue weighted by molar-refractivity contribution is 5.59. The molecule has 0 saturated carbocycles. The molecule has 5 rings (SSSR count). The number of hydrogen-bond acceptors (Lipinski definition) is 7. The van der Waals surface area contributed by atoms with E-state index < -0.39 is 5.82 Å². The van der Waals surface area contributed by atoms with Crippen molar-refractivity contribution in [2.75, 3.05) is 25.0 Å². The number of hydrogen-bond donors (Lipinski definition) is 2. The van der Waals surface area contributed by atoms with Gasteiger partial charge in [0.25, 0.3) is 0 Å². The van der Waals surface area contributed by atoms with Crippen LogP contribution in [-0.2, 0) is 11.3 Å². The Morgan fingerprint density at radius 3 is 2.81 bits per heavy atom. The predicted octanol–water partition coefficient (Wildman–Crippen LogP) is 4.02. The summed E-state index contributed by atoms with van der Waals surface area (Å²) in [6.07, 6.45) is 9.09. The van der Waals surface area contributed by atoms with E-state index in [1.54, 1.807) is 12.4 Å². The first kappa shape index (κ1) is 21.0. The number of aromatic amines is 1. The van der Waals surface area contributed by atoms with Crippen LogP contribution in [0.15, 0.2) is 30.7 Å². The van der Waals surface area contributed by atoms with Gasteiger partial charge in [0, 0.05) is 19.1 Å². The largest absolute Gasteiger partial charge is 0.378 e. The Labute approximate surface area is 186 Å². The normalized spacial score (nSPS) is 21.7. The third-order valence-corrected chi connectivity index (χ3v) is 6.13. The number of anilines is 2. The third kappa shape index (κ3) is 4.78. The molecule has 0 aliphatic carbocycles. The lowest BCUT2D eigenvalue weighted by Gasteiger charge is -2.25. The van der Waals surface area contributed by atoms with Gasteiger partial charge in [-0.25, -0.2) is 19.3 Å². The van der Waals surface area contributed by atoms with Gasteiger partial charge in [-0.15, -0.1) is 0 Å². The average molecular weight is 438 g/mol. The van der Waals surface area contributed by atoms with Crippen molar-refractivity contribution in [3.05, 3.63) is 48.1 Å². The molecule has 9 heteroatoms. The zero-order chi connectivity index (χ0) is 21.9. The molecule has 8 nitrogen and oxygen atoms in total. The predicted molar refractivity (Wildman–Crippen MR) is 119 cm³/mol. The molecule has 0 aromatic carbocycles. The number of ether oxygens (including phenoxy) is 1. The Kier molecular flexibility index (Phi) is 6.09. The molecule has 0 bridgehead atoms. The summed E-state index contributed by atoms with van der Waals surface area (Å²) in [7, 11) is 0. The van der Waals surface area contributed by atoms with Gasteiger partial charge in [0.15, 0.2) is 5.82 Å². The highest BCUT2D eigenvalue weighted by atomic mass is 19.1. The molecule has 3 aromatic rings. The van der Waals surface area contributed by atoms with E-state index in [0.29, 0.717) is 18.2 Å². The second-order valence-corrected chi connectivity index (χ2v) is 8.62. The van der Waals surface area contributed by atoms with Crippen molar-refractivity contribution in [3.8, 4) is 11.4 Å². The fourth-order valence-electron chi connectivity index (χ4n) is 4.42. The van der Waals surface area contributed by atoms with E-state index in [4.69, 9.17) is 4.74 Å². The van der Waals surface area contributed by atoms with E-state index in [9.17, 15) is 4.39 Å². The molecule has 2 N–H and O–H groups in total. The van der Waals surface area contributed by atoms with Gasteiger partial charge in [0.1, 0.15) is 11.5 Å². The maximum atomic E-state index is 14.5. The first-order valence-electron chi connectivity index (χ1n) is 11.3. The van der Waals surface area contributed by atoms with Crippen molar-refractivity contribution in [1.29, 1.82) is 0 Å².